The number of nitrogens with two attached hydrogens (primary N) is 1. The second-order valence-electron chi connectivity index (χ2n) is 3.06. The average molecular weight is 234 g/mol. The second kappa shape index (κ2) is 6.94. The van der Waals surface area contributed by atoms with Gasteiger partial charge in [0.05, 0.1) is 12.3 Å². The van der Waals surface area contributed by atoms with Crippen molar-refractivity contribution in [1.29, 1.82) is 0 Å². The fraction of sp³-hybridized carbons (Fsp3) is 0.250. The van der Waals surface area contributed by atoms with Crippen LogP contribution in [0.4, 0.5) is 5.69 Å². The van der Waals surface area contributed by atoms with Crippen molar-refractivity contribution in [2.24, 2.45) is 5.73 Å². The number of rotatable bonds is 3. The molecule has 0 radical (unpaired) electrons. The molecule has 0 aliphatic rings. The maximum Gasteiger partial charge on any atom is 0.234 e. The summed E-state index contributed by atoms with van der Waals surface area (Å²) in [6.07, 6.45) is 1.89. The van der Waals surface area contributed by atoms with Gasteiger partial charge in [-0.1, -0.05) is 11.8 Å². The molecule has 1 amide bonds. The first-order valence-corrected chi connectivity index (χ1v) is 6.23. The monoisotopic (exact) mass is 234 g/mol. The van der Waals surface area contributed by atoms with Crippen molar-refractivity contribution < 1.29 is 4.79 Å². The summed E-state index contributed by atoms with van der Waals surface area (Å²) in [6.45, 7) is 0.353. The molecule has 3 N–H and O–H groups in total. The largest absolute Gasteiger partial charge is 0.325 e. The summed E-state index contributed by atoms with van der Waals surface area (Å²) in [5.74, 6) is 6.17. The molecule has 0 fully saturated rings. The van der Waals surface area contributed by atoms with Crippen LogP contribution < -0.4 is 11.1 Å². The van der Waals surface area contributed by atoms with Crippen molar-refractivity contribution in [3.05, 3.63) is 29.8 Å². The van der Waals surface area contributed by atoms with E-state index in [2.05, 4.69) is 17.2 Å². The van der Waals surface area contributed by atoms with Crippen LogP contribution in [0.3, 0.4) is 0 Å². The summed E-state index contributed by atoms with van der Waals surface area (Å²) in [7, 11) is 0. The number of amides is 1. The molecule has 0 spiro atoms. The predicted octanol–water partition coefficient (Wildman–Crippen LogP) is 1.30. The molecule has 1 rings (SSSR count). The van der Waals surface area contributed by atoms with Gasteiger partial charge in [-0.3, -0.25) is 4.79 Å². The number of thioether (sulfide) groups is 1. The maximum absolute atomic E-state index is 11.3. The molecule has 16 heavy (non-hydrogen) atoms. The van der Waals surface area contributed by atoms with E-state index >= 15 is 0 Å². The Morgan fingerprint density at radius 1 is 1.44 bits per heavy atom. The molecule has 1 aromatic carbocycles. The predicted molar refractivity (Wildman–Crippen MR) is 69.4 cm³/mol. The Morgan fingerprint density at radius 2 is 2.12 bits per heavy atom. The highest BCUT2D eigenvalue weighted by atomic mass is 32.2. The molecule has 3 nitrogen and oxygen atoms in total. The first-order valence-electron chi connectivity index (χ1n) is 4.84. The topological polar surface area (TPSA) is 55.1 Å². The van der Waals surface area contributed by atoms with Gasteiger partial charge in [-0.05, 0) is 30.5 Å². The maximum atomic E-state index is 11.3. The van der Waals surface area contributed by atoms with E-state index in [1.807, 2.05) is 30.5 Å². The minimum atomic E-state index is 0.00768. The highest BCUT2D eigenvalue weighted by Crippen LogP contribution is 2.09. The van der Waals surface area contributed by atoms with Gasteiger partial charge in [-0.2, -0.15) is 11.8 Å². The quantitative estimate of drug-likeness (QED) is 0.775. The molecule has 0 atom stereocenters. The van der Waals surface area contributed by atoms with Gasteiger partial charge in [0.2, 0.25) is 5.91 Å². The van der Waals surface area contributed by atoms with E-state index in [1.54, 1.807) is 0 Å². The van der Waals surface area contributed by atoms with Crippen molar-refractivity contribution in [2.75, 3.05) is 23.9 Å². The number of hydrogen-bond acceptors (Lipinski definition) is 3. The molecular formula is C12H14N2OS. The third-order valence-corrected chi connectivity index (χ3v) is 2.33. The second-order valence-corrected chi connectivity index (χ2v) is 3.93. The van der Waals surface area contributed by atoms with Crippen LogP contribution in [0.25, 0.3) is 0 Å². The van der Waals surface area contributed by atoms with Crippen molar-refractivity contribution >= 4 is 23.4 Å². The van der Waals surface area contributed by atoms with E-state index in [9.17, 15) is 4.79 Å². The molecule has 0 aliphatic carbocycles. The van der Waals surface area contributed by atoms with Gasteiger partial charge in [0.25, 0.3) is 0 Å². The zero-order valence-corrected chi connectivity index (χ0v) is 9.93. The zero-order chi connectivity index (χ0) is 11.8. The Bertz CT molecular complexity index is 403. The minimum absolute atomic E-state index is 0.00768. The Kier molecular flexibility index (Phi) is 5.48. The van der Waals surface area contributed by atoms with Gasteiger partial charge in [0.15, 0.2) is 0 Å². The Labute approximate surface area is 99.8 Å². The van der Waals surface area contributed by atoms with E-state index in [0.29, 0.717) is 12.3 Å². The lowest BCUT2D eigenvalue weighted by atomic mass is 10.2. The van der Waals surface area contributed by atoms with Crippen LogP contribution in [0.5, 0.6) is 0 Å². The van der Waals surface area contributed by atoms with E-state index in [0.717, 1.165) is 11.3 Å². The number of benzene rings is 1. The van der Waals surface area contributed by atoms with Gasteiger partial charge in [-0.25, -0.2) is 0 Å². The fourth-order valence-corrected chi connectivity index (χ4v) is 1.45. The molecule has 84 valence electrons. The molecule has 0 aliphatic heterocycles. The Balaban J connectivity index is 2.61. The van der Waals surface area contributed by atoms with Crippen LogP contribution in [0.15, 0.2) is 24.3 Å². The molecule has 4 heteroatoms. The van der Waals surface area contributed by atoms with Crippen molar-refractivity contribution in [3.63, 3.8) is 0 Å². The molecule has 0 heterocycles. The van der Waals surface area contributed by atoms with Crippen molar-refractivity contribution in [2.45, 2.75) is 0 Å². The molecule has 0 unspecified atom stereocenters. The first kappa shape index (κ1) is 12.6. The van der Waals surface area contributed by atoms with Crippen LogP contribution in [-0.2, 0) is 4.79 Å². The molecule has 0 saturated heterocycles. The zero-order valence-electron chi connectivity index (χ0n) is 9.12. The molecule has 0 saturated carbocycles. The summed E-state index contributed by atoms with van der Waals surface area (Å²) >= 11 is 1.49. The van der Waals surface area contributed by atoms with Crippen LogP contribution in [0.1, 0.15) is 5.56 Å². The highest BCUT2D eigenvalue weighted by Gasteiger charge is 1.99. The van der Waals surface area contributed by atoms with E-state index < -0.39 is 0 Å². The van der Waals surface area contributed by atoms with E-state index in [4.69, 9.17) is 5.73 Å². The summed E-state index contributed by atoms with van der Waals surface area (Å²) in [5.41, 5.74) is 6.96. The summed E-state index contributed by atoms with van der Waals surface area (Å²) < 4.78 is 0. The molecule has 0 bridgehead atoms. The molecular weight excluding hydrogens is 220 g/mol. The normalized spacial score (nSPS) is 9.12. The summed E-state index contributed by atoms with van der Waals surface area (Å²) in [4.78, 5) is 11.3. The SMILES string of the molecule is CSCC(=O)Nc1ccc(C#CCN)cc1. The smallest absolute Gasteiger partial charge is 0.234 e. The lowest BCUT2D eigenvalue weighted by Gasteiger charge is -2.03. The van der Waals surface area contributed by atoms with E-state index in [-0.39, 0.29) is 5.91 Å². The average Bonchev–Trinajstić information content (AvgIpc) is 2.28. The van der Waals surface area contributed by atoms with Gasteiger partial charge < -0.3 is 11.1 Å². The highest BCUT2D eigenvalue weighted by molar-refractivity contribution is 7.99. The summed E-state index contributed by atoms with van der Waals surface area (Å²) in [5, 5.41) is 2.79. The number of nitrogens with one attached hydrogen (secondary N) is 1. The van der Waals surface area contributed by atoms with Crippen LogP contribution >= 0.6 is 11.8 Å². The van der Waals surface area contributed by atoms with Crippen LogP contribution in [0, 0.1) is 11.8 Å². The fourth-order valence-electron chi connectivity index (χ4n) is 1.12. The lowest BCUT2D eigenvalue weighted by molar-refractivity contribution is -0.113. The van der Waals surface area contributed by atoms with E-state index in [1.165, 1.54) is 11.8 Å². The van der Waals surface area contributed by atoms with Gasteiger partial charge >= 0.3 is 0 Å². The molecule has 0 aromatic heterocycles. The Hall–Kier alpha value is -1.44. The van der Waals surface area contributed by atoms with Crippen LogP contribution in [0.2, 0.25) is 0 Å². The minimum Gasteiger partial charge on any atom is -0.325 e. The van der Waals surface area contributed by atoms with Crippen molar-refractivity contribution in [3.8, 4) is 11.8 Å². The summed E-state index contributed by atoms with van der Waals surface area (Å²) in [6, 6.07) is 7.38. The Morgan fingerprint density at radius 3 is 2.69 bits per heavy atom. The lowest BCUT2D eigenvalue weighted by Crippen LogP contribution is -2.13. The van der Waals surface area contributed by atoms with Gasteiger partial charge in [-0.15, -0.1) is 0 Å². The number of hydrogen-bond donors (Lipinski definition) is 2. The number of carbonyl (C=O) groups is 1. The van der Waals surface area contributed by atoms with Gasteiger partial charge in [0, 0.05) is 11.3 Å². The van der Waals surface area contributed by atoms with Crippen LogP contribution in [-0.4, -0.2) is 24.5 Å². The third kappa shape index (κ3) is 4.39. The van der Waals surface area contributed by atoms with Gasteiger partial charge in [0.1, 0.15) is 0 Å². The molecule has 1 aromatic rings. The first-order chi connectivity index (χ1) is 7.76. The van der Waals surface area contributed by atoms with Crippen molar-refractivity contribution in [1.82, 2.24) is 0 Å². The number of carbonyl (C=O) groups excluding carboxylic acids is 1. The standard InChI is InChI=1S/C12H14N2OS/c1-16-9-12(15)14-11-6-4-10(5-7-11)3-2-8-13/h4-7H,8-9,13H2,1H3,(H,14,15). The third-order valence-electron chi connectivity index (χ3n) is 1.78. The number of anilines is 1.